The zero-order chi connectivity index (χ0) is 32.5. The highest BCUT2D eigenvalue weighted by Crippen LogP contribution is 2.29. The van der Waals surface area contributed by atoms with Crippen LogP contribution in [-0.4, -0.2) is 113 Å². The number of carbonyl (C=O) groups excluding carboxylic acids is 3. The fourth-order valence-electron chi connectivity index (χ4n) is 3.97. The van der Waals surface area contributed by atoms with Gasteiger partial charge >= 0.3 is 12.1 Å². The maximum absolute atomic E-state index is 13.3. The van der Waals surface area contributed by atoms with E-state index >= 15 is 0 Å². The van der Waals surface area contributed by atoms with Crippen molar-refractivity contribution >= 4 is 23.9 Å². The minimum absolute atomic E-state index is 0.0464. The van der Waals surface area contributed by atoms with Crippen LogP contribution in [0.2, 0.25) is 0 Å². The number of aliphatic hydroxyl groups excluding tert-OH is 1. The van der Waals surface area contributed by atoms with Gasteiger partial charge in [-0.2, -0.15) is 0 Å². The van der Waals surface area contributed by atoms with Gasteiger partial charge in [0.05, 0.1) is 18.7 Å². The van der Waals surface area contributed by atoms with Gasteiger partial charge in [0.1, 0.15) is 5.60 Å². The molecule has 0 radical (unpaired) electrons. The summed E-state index contributed by atoms with van der Waals surface area (Å²) in [6.45, 7) is 8.14. The molecule has 2 heterocycles. The molecule has 0 aliphatic carbocycles. The van der Waals surface area contributed by atoms with Crippen LogP contribution in [0.3, 0.4) is 0 Å². The summed E-state index contributed by atoms with van der Waals surface area (Å²) in [7, 11) is 1.57. The van der Waals surface area contributed by atoms with E-state index in [2.05, 4.69) is 0 Å². The number of likely N-dealkylation sites (tertiary alicyclic amines) is 2. The Balaban J connectivity index is 0.000000437. The van der Waals surface area contributed by atoms with E-state index in [0.717, 1.165) is 22.3 Å². The monoisotopic (exact) mass is 607 g/mol. The molecule has 2 aliphatic heterocycles. The molecule has 0 aromatic heterocycles. The molecule has 42 heavy (non-hydrogen) atoms. The molecule has 2 N–H and O–H groups in total. The lowest BCUT2D eigenvalue weighted by Gasteiger charge is -2.24. The van der Waals surface area contributed by atoms with Crippen LogP contribution in [0.25, 0.3) is 0 Å². The quantitative estimate of drug-likeness (QED) is 0.468. The van der Waals surface area contributed by atoms with Crippen LogP contribution >= 0.6 is 0 Å². The van der Waals surface area contributed by atoms with Gasteiger partial charge in [-0.1, -0.05) is 6.92 Å². The number of aliphatic hydroxyl groups is 1. The molecule has 14 heteroatoms. The Morgan fingerprint density at radius 1 is 0.905 bits per heavy atom. The smallest absolute Gasteiger partial charge is 0.410 e. The number of amides is 3. The van der Waals surface area contributed by atoms with Crippen molar-refractivity contribution in [2.24, 2.45) is 0 Å². The van der Waals surface area contributed by atoms with E-state index in [1.165, 1.54) is 17.0 Å². The summed E-state index contributed by atoms with van der Waals surface area (Å²) >= 11 is 0. The molecule has 0 bridgehead atoms. The lowest BCUT2D eigenvalue weighted by atomic mass is 10.0. The zero-order valence-corrected chi connectivity index (χ0v) is 24.9. The number of benzene rings is 1. The first-order chi connectivity index (χ1) is 19.3. The van der Waals surface area contributed by atoms with Gasteiger partial charge in [0.2, 0.25) is 0 Å². The number of aromatic carboxylic acids is 1. The van der Waals surface area contributed by atoms with Gasteiger partial charge in [-0.05, 0) is 52.3 Å². The maximum Gasteiger partial charge on any atom is 0.410 e. The molecule has 1 aromatic carbocycles. The Morgan fingerprint density at radius 2 is 1.36 bits per heavy atom. The molecule has 0 saturated carbocycles. The first-order valence-corrected chi connectivity index (χ1v) is 13.5. The third-order valence-corrected chi connectivity index (χ3v) is 5.86. The lowest BCUT2D eigenvalue weighted by Crippen LogP contribution is -2.36. The second kappa shape index (κ2) is 15.2. The van der Waals surface area contributed by atoms with E-state index in [1.807, 2.05) is 6.92 Å². The second-order valence-electron chi connectivity index (χ2n) is 11.0. The molecule has 10 nitrogen and oxygen atoms in total. The van der Waals surface area contributed by atoms with E-state index in [4.69, 9.17) is 9.84 Å². The lowest BCUT2D eigenvalue weighted by molar-refractivity contribution is -0.00189. The molecule has 2 fully saturated rings. The predicted octanol–water partition coefficient (Wildman–Crippen LogP) is 4.61. The molecular formula is C28H41F4N3O7. The minimum atomic E-state index is -2.94. The number of hydrogen-bond donors (Lipinski definition) is 2. The van der Waals surface area contributed by atoms with Crippen molar-refractivity contribution in [3.63, 3.8) is 0 Å². The molecule has 0 unspecified atom stereocenters. The first kappa shape index (κ1) is 36.6. The highest BCUT2D eigenvalue weighted by Gasteiger charge is 2.42. The third-order valence-electron chi connectivity index (χ3n) is 5.86. The molecule has 2 saturated heterocycles. The average Bonchev–Trinajstić information content (AvgIpc) is 3.43. The van der Waals surface area contributed by atoms with Crippen LogP contribution in [0.5, 0.6) is 0 Å². The van der Waals surface area contributed by atoms with Gasteiger partial charge < -0.3 is 29.6 Å². The summed E-state index contributed by atoms with van der Waals surface area (Å²) in [4.78, 5) is 50.9. The number of carboxylic acid groups (broad SMARTS) is 1. The van der Waals surface area contributed by atoms with Crippen molar-refractivity contribution in [3.8, 4) is 0 Å². The summed E-state index contributed by atoms with van der Waals surface area (Å²) in [6, 6.07) is 3.56. The van der Waals surface area contributed by atoms with Crippen LogP contribution in [0.1, 0.15) is 85.0 Å². The number of carbonyl (C=O) groups is 4. The van der Waals surface area contributed by atoms with Crippen LogP contribution in [0.4, 0.5) is 22.4 Å². The number of ether oxygens (including phenoxy) is 1. The fourth-order valence-corrected chi connectivity index (χ4v) is 3.97. The summed E-state index contributed by atoms with van der Waals surface area (Å²) in [5.41, 5.74) is -0.893. The Bertz CT molecular complexity index is 1110. The third kappa shape index (κ3) is 11.8. The Morgan fingerprint density at radius 3 is 1.76 bits per heavy atom. The maximum atomic E-state index is 13.3. The standard InChI is InChI=1S/C17H20F2N2O4.C9H15F2NO2.C2H6O/c1-3-5-20(2)14(22)11-7-12(9-13(8-11)16(24)25)15(23)21-6-4-17(18,19)10-21;1-8(2,3)14-7(13)12-5-4-9(10,11)6-12;1-2-3/h7-9H,3-6,10H2,1-2H3,(H,24,25);4-6H2,1-3H3;3H,2H2,1H3. The topological polar surface area (TPSA) is 128 Å². The van der Waals surface area contributed by atoms with Gasteiger partial charge in [-0.3, -0.25) is 9.59 Å². The highest BCUT2D eigenvalue weighted by atomic mass is 19.3. The molecule has 0 atom stereocenters. The van der Waals surface area contributed by atoms with Crippen LogP contribution in [0, 0.1) is 0 Å². The van der Waals surface area contributed by atoms with E-state index in [1.54, 1.807) is 34.7 Å². The van der Waals surface area contributed by atoms with E-state index in [-0.39, 0.29) is 42.8 Å². The van der Waals surface area contributed by atoms with E-state index < -0.39 is 60.8 Å². The number of halogens is 4. The largest absolute Gasteiger partial charge is 0.478 e. The number of nitrogens with zero attached hydrogens (tertiary/aromatic N) is 3. The van der Waals surface area contributed by atoms with Crippen molar-refractivity contribution in [1.29, 1.82) is 0 Å². The summed E-state index contributed by atoms with van der Waals surface area (Å²) < 4.78 is 57.1. The van der Waals surface area contributed by atoms with E-state index in [0.29, 0.717) is 6.54 Å². The number of rotatable bonds is 5. The van der Waals surface area contributed by atoms with Gasteiger partial charge in [0.25, 0.3) is 23.7 Å². The molecule has 1 aromatic rings. The number of carboxylic acids is 1. The average molecular weight is 608 g/mol. The first-order valence-electron chi connectivity index (χ1n) is 13.5. The molecule has 3 rings (SSSR count). The summed E-state index contributed by atoms with van der Waals surface area (Å²) in [5.74, 6) is -8.12. The van der Waals surface area contributed by atoms with E-state index in [9.17, 15) is 41.8 Å². The Labute approximate surface area is 243 Å². The van der Waals surface area contributed by atoms with Crippen LogP contribution < -0.4 is 0 Å². The molecule has 2 aliphatic rings. The SMILES string of the molecule is CC(C)(C)OC(=O)N1CCC(F)(F)C1.CCCN(C)C(=O)c1cc(C(=O)O)cc(C(=O)N2CCC(F)(F)C2)c1.CCO. The second-order valence-corrected chi connectivity index (χ2v) is 11.0. The van der Waals surface area contributed by atoms with Crippen molar-refractivity contribution < 1.29 is 51.7 Å². The van der Waals surface area contributed by atoms with Crippen molar-refractivity contribution in [2.75, 3.05) is 46.4 Å². The Kier molecular flexibility index (Phi) is 13.2. The van der Waals surface area contributed by atoms with Crippen LogP contribution in [-0.2, 0) is 4.74 Å². The van der Waals surface area contributed by atoms with Gasteiger partial charge in [-0.15, -0.1) is 0 Å². The van der Waals surface area contributed by atoms with Gasteiger partial charge in [0, 0.05) is 57.3 Å². The summed E-state index contributed by atoms with van der Waals surface area (Å²) in [6.07, 6.45) is -0.640. The Hall–Kier alpha value is -3.42. The minimum Gasteiger partial charge on any atom is -0.478 e. The normalized spacial score (nSPS) is 16.9. The number of hydrogen-bond acceptors (Lipinski definition) is 6. The highest BCUT2D eigenvalue weighted by molar-refractivity contribution is 6.03. The molecule has 0 spiro atoms. The molecule has 3 amide bonds. The fraction of sp³-hybridized carbons (Fsp3) is 0.643. The predicted molar refractivity (Wildman–Crippen MR) is 146 cm³/mol. The summed E-state index contributed by atoms with van der Waals surface area (Å²) in [5, 5.41) is 16.8. The molecule has 238 valence electrons. The van der Waals surface area contributed by atoms with Crippen molar-refractivity contribution in [1.82, 2.24) is 14.7 Å². The van der Waals surface area contributed by atoms with Gasteiger partial charge in [-0.25, -0.2) is 27.2 Å². The molecular weight excluding hydrogens is 566 g/mol. The van der Waals surface area contributed by atoms with Crippen molar-refractivity contribution in [3.05, 3.63) is 34.9 Å². The number of alkyl halides is 4. The zero-order valence-electron chi connectivity index (χ0n) is 24.9. The van der Waals surface area contributed by atoms with Crippen LogP contribution in [0.15, 0.2) is 18.2 Å². The van der Waals surface area contributed by atoms with Crippen molar-refractivity contribution in [2.45, 2.75) is 71.3 Å². The van der Waals surface area contributed by atoms with Gasteiger partial charge in [0.15, 0.2) is 0 Å².